The van der Waals surface area contributed by atoms with Crippen molar-refractivity contribution in [2.24, 2.45) is 5.92 Å². The zero-order valence-electron chi connectivity index (χ0n) is 8.36. The van der Waals surface area contributed by atoms with E-state index in [2.05, 4.69) is 21.6 Å². The second-order valence-electron chi connectivity index (χ2n) is 4.06. The monoisotopic (exact) mass is 212 g/mol. The first-order chi connectivity index (χ1) is 6.74. The summed E-state index contributed by atoms with van der Waals surface area (Å²) in [4.78, 5) is 4.10. The molecule has 0 aromatic carbocycles. The molecule has 0 amide bonds. The van der Waals surface area contributed by atoms with Gasteiger partial charge < -0.3 is 11.1 Å². The summed E-state index contributed by atoms with van der Waals surface area (Å²) >= 11 is 1.35. The minimum absolute atomic E-state index is 0.377. The Kier molecular flexibility index (Phi) is 2.86. The summed E-state index contributed by atoms with van der Waals surface area (Å²) in [6.07, 6.45) is 5.10. The summed E-state index contributed by atoms with van der Waals surface area (Å²) in [6, 6.07) is 0.568. The second-order valence-corrected chi connectivity index (χ2v) is 4.81. The van der Waals surface area contributed by atoms with Gasteiger partial charge in [-0.25, -0.2) is 0 Å². The molecule has 2 rings (SSSR count). The lowest BCUT2D eigenvalue weighted by atomic mass is 9.87. The summed E-state index contributed by atoms with van der Waals surface area (Å²) in [5.74, 6) is 1.26. The number of rotatable bonds is 2. The number of nitrogen functional groups attached to an aromatic ring is 1. The molecule has 0 unspecified atom stereocenters. The highest BCUT2D eigenvalue weighted by Crippen LogP contribution is 2.26. The molecule has 0 bridgehead atoms. The number of aromatic nitrogens is 2. The van der Waals surface area contributed by atoms with Gasteiger partial charge in [0.25, 0.3) is 0 Å². The van der Waals surface area contributed by atoms with Crippen LogP contribution < -0.4 is 11.1 Å². The van der Waals surface area contributed by atoms with Crippen molar-refractivity contribution in [2.45, 2.75) is 38.6 Å². The van der Waals surface area contributed by atoms with Gasteiger partial charge in [0.1, 0.15) is 0 Å². The van der Waals surface area contributed by atoms with Crippen molar-refractivity contribution >= 4 is 22.6 Å². The predicted molar refractivity (Wildman–Crippen MR) is 59.4 cm³/mol. The Hall–Kier alpha value is -0.840. The fourth-order valence-electron chi connectivity index (χ4n) is 1.87. The number of nitrogens with two attached hydrogens (primary N) is 1. The van der Waals surface area contributed by atoms with Gasteiger partial charge in [0.2, 0.25) is 11.1 Å². The molecule has 1 heterocycles. The largest absolute Gasteiger partial charge is 0.367 e. The van der Waals surface area contributed by atoms with Crippen LogP contribution in [0.5, 0.6) is 0 Å². The molecule has 14 heavy (non-hydrogen) atoms. The zero-order valence-corrected chi connectivity index (χ0v) is 9.18. The van der Waals surface area contributed by atoms with E-state index in [1.807, 2.05) is 0 Å². The first-order valence-corrected chi connectivity index (χ1v) is 5.87. The number of nitrogens with one attached hydrogen (secondary N) is 1. The van der Waals surface area contributed by atoms with Crippen LogP contribution in [0, 0.1) is 5.92 Å². The van der Waals surface area contributed by atoms with Crippen LogP contribution >= 0.6 is 11.5 Å². The molecule has 1 aromatic rings. The quantitative estimate of drug-likeness (QED) is 0.788. The molecule has 0 saturated heterocycles. The lowest BCUT2D eigenvalue weighted by molar-refractivity contribution is 0.361. The smallest absolute Gasteiger partial charge is 0.233 e. The molecule has 0 atom stereocenters. The van der Waals surface area contributed by atoms with Gasteiger partial charge in [-0.05, 0) is 31.6 Å². The molecular formula is C9H16N4S. The highest BCUT2D eigenvalue weighted by molar-refractivity contribution is 7.09. The molecule has 0 spiro atoms. The Labute approximate surface area is 88.1 Å². The Balaban J connectivity index is 1.86. The zero-order chi connectivity index (χ0) is 9.97. The molecular weight excluding hydrogens is 196 g/mol. The summed E-state index contributed by atoms with van der Waals surface area (Å²) in [6.45, 7) is 2.32. The third kappa shape index (κ3) is 2.35. The first-order valence-electron chi connectivity index (χ1n) is 5.10. The van der Waals surface area contributed by atoms with Crippen molar-refractivity contribution in [3.05, 3.63) is 0 Å². The molecule has 1 aromatic heterocycles. The van der Waals surface area contributed by atoms with Gasteiger partial charge in [-0.3, -0.25) is 0 Å². The van der Waals surface area contributed by atoms with E-state index in [-0.39, 0.29) is 0 Å². The van der Waals surface area contributed by atoms with Crippen molar-refractivity contribution in [2.75, 3.05) is 11.1 Å². The summed E-state index contributed by atoms with van der Waals surface area (Å²) in [5, 5.41) is 4.25. The van der Waals surface area contributed by atoms with Gasteiger partial charge in [-0.1, -0.05) is 6.92 Å². The topological polar surface area (TPSA) is 63.8 Å². The van der Waals surface area contributed by atoms with Crippen molar-refractivity contribution < 1.29 is 0 Å². The Morgan fingerprint density at radius 1 is 1.36 bits per heavy atom. The summed E-state index contributed by atoms with van der Waals surface area (Å²) in [7, 11) is 0. The van der Waals surface area contributed by atoms with Crippen molar-refractivity contribution in [3.8, 4) is 0 Å². The van der Waals surface area contributed by atoms with Gasteiger partial charge in [-0.2, -0.15) is 9.36 Å². The van der Waals surface area contributed by atoms with Crippen molar-refractivity contribution in [1.82, 2.24) is 9.36 Å². The molecule has 0 aliphatic heterocycles. The molecule has 1 aliphatic rings. The maximum Gasteiger partial charge on any atom is 0.233 e. The minimum atomic E-state index is 0.377. The van der Waals surface area contributed by atoms with E-state index in [9.17, 15) is 0 Å². The number of nitrogens with zero attached hydrogens (tertiary/aromatic N) is 2. The normalized spacial score (nSPS) is 27.5. The van der Waals surface area contributed by atoms with E-state index < -0.39 is 0 Å². The average Bonchev–Trinajstić information content (AvgIpc) is 2.56. The predicted octanol–water partition coefficient (Wildman–Crippen LogP) is 2.11. The Bertz CT molecular complexity index is 291. The molecule has 78 valence electrons. The SMILES string of the molecule is CC1CCC(Nc2nc(N)ns2)CC1. The minimum Gasteiger partial charge on any atom is -0.367 e. The Morgan fingerprint density at radius 2 is 2.07 bits per heavy atom. The van der Waals surface area contributed by atoms with E-state index >= 15 is 0 Å². The molecule has 1 aliphatic carbocycles. The lowest BCUT2D eigenvalue weighted by Crippen LogP contribution is -2.25. The van der Waals surface area contributed by atoms with Gasteiger partial charge in [0.05, 0.1) is 0 Å². The number of anilines is 2. The van der Waals surface area contributed by atoms with Crippen LogP contribution in [0.3, 0.4) is 0 Å². The van der Waals surface area contributed by atoms with Crippen LogP contribution in [0.15, 0.2) is 0 Å². The fraction of sp³-hybridized carbons (Fsp3) is 0.778. The van der Waals surface area contributed by atoms with Crippen LogP contribution in [0.25, 0.3) is 0 Å². The summed E-state index contributed by atoms with van der Waals surface area (Å²) in [5.41, 5.74) is 5.45. The molecule has 1 fully saturated rings. The van der Waals surface area contributed by atoms with Crippen LogP contribution in [0.4, 0.5) is 11.1 Å². The van der Waals surface area contributed by atoms with Crippen molar-refractivity contribution in [3.63, 3.8) is 0 Å². The van der Waals surface area contributed by atoms with Crippen LogP contribution in [0.1, 0.15) is 32.6 Å². The number of hydrogen-bond acceptors (Lipinski definition) is 5. The molecule has 5 heteroatoms. The van der Waals surface area contributed by atoms with Gasteiger partial charge in [0.15, 0.2) is 0 Å². The van der Waals surface area contributed by atoms with Gasteiger partial charge in [0, 0.05) is 17.6 Å². The Morgan fingerprint density at radius 3 is 2.64 bits per heavy atom. The first kappa shape index (κ1) is 9.71. The van der Waals surface area contributed by atoms with E-state index in [1.54, 1.807) is 0 Å². The van der Waals surface area contributed by atoms with Crippen LogP contribution in [-0.4, -0.2) is 15.4 Å². The molecule has 1 saturated carbocycles. The van der Waals surface area contributed by atoms with Gasteiger partial charge in [-0.15, -0.1) is 0 Å². The maximum atomic E-state index is 5.45. The highest BCUT2D eigenvalue weighted by atomic mass is 32.1. The third-order valence-electron chi connectivity index (χ3n) is 2.79. The highest BCUT2D eigenvalue weighted by Gasteiger charge is 2.18. The van der Waals surface area contributed by atoms with Crippen LogP contribution in [-0.2, 0) is 0 Å². The van der Waals surface area contributed by atoms with Crippen LogP contribution in [0.2, 0.25) is 0 Å². The van der Waals surface area contributed by atoms with E-state index in [0.717, 1.165) is 11.0 Å². The standard InChI is InChI=1S/C9H16N4S/c1-6-2-4-7(5-3-6)11-9-12-8(10)13-14-9/h6-7H,2-5H2,1H3,(H3,10,11,12,13). The molecule has 0 radical (unpaired) electrons. The summed E-state index contributed by atoms with van der Waals surface area (Å²) < 4.78 is 3.94. The van der Waals surface area contributed by atoms with E-state index in [0.29, 0.717) is 12.0 Å². The van der Waals surface area contributed by atoms with Gasteiger partial charge >= 0.3 is 0 Å². The molecule has 3 N–H and O–H groups in total. The number of hydrogen-bond donors (Lipinski definition) is 2. The lowest BCUT2D eigenvalue weighted by Gasteiger charge is -2.26. The maximum absolute atomic E-state index is 5.45. The van der Waals surface area contributed by atoms with E-state index in [1.165, 1.54) is 37.2 Å². The molecule has 4 nitrogen and oxygen atoms in total. The van der Waals surface area contributed by atoms with E-state index in [4.69, 9.17) is 5.73 Å². The van der Waals surface area contributed by atoms with Crippen molar-refractivity contribution in [1.29, 1.82) is 0 Å². The third-order valence-corrected chi connectivity index (χ3v) is 3.45. The second kappa shape index (κ2) is 4.13. The average molecular weight is 212 g/mol. The fourth-order valence-corrected chi connectivity index (χ4v) is 2.45.